The van der Waals surface area contributed by atoms with Crippen LogP contribution in [-0.4, -0.2) is 14.2 Å². The summed E-state index contributed by atoms with van der Waals surface area (Å²) in [5.41, 5.74) is 1.21. The quantitative estimate of drug-likeness (QED) is 0.389. The third kappa shape index (κ3) is 5.74. The number of ether oxygens (including phenoxy) is 2. The van der Waals surface area contributed by atoms with E-state index in [0.29, 0.717) is 4.83 Å². The van der Waals surface area contributed by atoms with Crippen LogP contribution in [0.4, 0.5) is 0 Å². The summed E-state index contributed by atoms with van der Waals surface area (Å²) < 4.78 is 10.7. The number of alkyl halides is 1. The van der Waals surface area contributed by atoms with Crippen LogP contribution in [-0.2, 0) is 0 Å². The molecular formula is C17H27BrO2. The van der Waals surface area contributed by atoms with Gasteiger partial charge in [-0.2, -0.15) is 0 Å². The van der Waals surface area contributed by atoms with E-state index in [2.05, 4.69) is 28.9 Å². The summed E-state index contributed by atoms with van der Waals surface area (Å²) in [6.07, 6.45) is 9.13. The first-order valence-electron chi connectivity index (χ1n) is 7.59. The lowest BCUT2D eigenvalue weighted by molar-refractivity contribution is 0.390. The van der Waals surface area contributed by atoms with Crippen molar-refractivity contribution in [2.75, 3.05) is 14.2 Å². The maximum atomic E-state index is 5.46. The van der Waals surface area contributed by atoms with Crippen LogP contribution in [0.1, 0.15) is 62.3 Å². The summed E-state index contributed by atoms with van der Waals surface area (Å²) in [5.74, 6) is 1.74. The first kappa shape index (κ1) is 17.4. The molecule has 0 amide bonds. The molecule has 2 nitrogen and oxygen atoms in total. The van der Waals surface area contributed by atoms with E-state index in [9.17, 15) is 0 Å². The number of methoxy groups -OCH3 is 2. The highest BCUT2D eigenvalue weighted by atomic mass is 79.9. The normalized spacial score (nSPS) is 12.2. The van der Waals surface area contributed by atoms with E-state index in [1.165, 1.54) is 44.1 Å². The predicted octanol–water partition coefficient (Wildman–Crippen LogP) is 5.89. The zero-order valence-corrected chi connectivity index (χ0v) is 14.5. The Labute approximate surface area is 132 Å². The zero-order chi connectivity index (χ0) is 14.8. The Balaban J connectivity index is 2.44. The van der Waals surface area contributed by atoms with Crippen LogP contribution in [0.3, 0.4) is 0 Å². The monoisotopic (exact) mass is 342 g/mol. The van der Waals surface area contributed by atoms with Gasteiger partial charge in [-0.25, -0.2) is 0 Å². The minimum absolute atomic E-state index is 0.356. The second kappa shape index (κ2) is 10.1. The lowest BCUT2D eigenvalue weighted by Crippen LogP contribution is -1.96. The smallest absolute Gasteiger partial charge is 0.126 e. The fraction of sp³-hybridized carbons (Fsp3) is 0.647. The van der Waals surface area contributed by atoms with Gasteiger partial charge in [-0.1, -0.05) is 67.4 Å². The third-order valence-corrected chi connectivity index (χ3v) is 4.54. The summed E-state index contributed by atoms with van der Waals surface area (Å²) in [5, 5.41) is 0. The molecule has 114 valence electrons. The maximum Gasteiger partial charge on any atom is 0.126 e. The molecule has 0 heterocycles. The number of benzene rings is 1. The molecule has 0 saturated heterocycles. The Morgan fingerprint density at radius 3 is 2.35 bits per heavy atom. The molecule has 1 rings (SSSR count). The molecule has 0 radical (unpaired) electrons. The van der Waals surface area contributed by atoms with E-state index in [0.717, 1.165) is 17.9 Å². The highest BCUT2D eigenvalue weighted by Crippen LogP contribution is 2.37. The largest absolute Gasteiger partial charge is 0.497 e. The van der Waals surface area contributed by atoms with Gasteiger partial charge in [0.15, 0.2) is 0 Å². The molecule has 0 aromatic heterocycles. The van der Waals surface area contributed by atoms with Gasteiger partial charge in [-0.3, -0.25) is 0 Å². The number of rotatable bonds is 10. The molecule has 1 aromatic carbocycles. The Kier molecular flexibility index (Phi) is 8.75. The van der Waals surface area contributed by atoms with Gasteiger partial charge >= 0.3 is 0 Å². The van der Waals surface area contributed by atoms with Crippen molar-refractivity contribution in [3.05, 3.63) is 23.8 Å². The van der Waals surface area contributed by atoms with Gasteiger partial charge in [0.2, 0.25) is 0 Å². The number of unbranched alkanes of at least 4 members (excludes halogenated alkanes) is 5. The molecule has 1 atom stereocenters. The van der Waals surface area contributed by atoms with Gasteiger partial charge in [-0.05, 0) is 12.5 Å². The summed E-state index contributed by atoms with van der Waals surface area (Å²) in [7, 11) is 3.39. The molecule has 0 aliphatic heterocycles. The van der Waals surface area contributed by atoms with Crippen LogP contribution in [0.2, 0.25) is 0 Å². The minimum atomic E-state index is 0.356. The molecule has 0 aliphatic rings. The summed E-state index contributed by atoms with van der Waals surface area (Å²) in [4.78, 5) is 0.356. The van der Waals surface area contributed by atoms with E-state index < -0.39 is 0 Å². The first-order valence-corrected chi connectivity index (χ1v) is 8.50. The van der Waals surface area contributed by atoms with Crippen molar-refractivity contribution >= 4 is 15.9 Å². The lowest BCUT2D eigenvalue weighted by Gasteiger charge is -2.15. The van der Waals surface area contributed by atoms with Crippen molar-refractivity contribution in [2.24, 2.45) is 0 Å². The number of hydrogen-bond donors (Lipinski definition) is 0. The van der Waals surface area contributed by atoms with E-state index >= 15 is 0 Å². The molecule has 0 aliphatic carbocycles. The number of halogens is 1. The fourth-order valence-electron chi connectivity index (χ4n) is 2.34. The standard InChI is InChI=1S/C17H27BrO2/c1-4-5-6-7-8-9-10-16(18)15-12-11-14(19-2)13-17(15)20-3/h11-13,16H,4-10H2,1-3H3. The molecule has 0 saturated carbocycles. The minimum Gasteiger partial charge on any atom is -0.497 e. The Hall–Kier alpha value is -0.700. The van der Waals surface area contributed by atoms with E-state index in [1.54, 1.807) is 14.2 Å². The van der Waals surface area contributed by atoms with Gasteiger partial charge in [-0.15, -0.1) is 0 Å². The van der Waals surface area contributed by atoms with Crippen LogP contribution in [0, 0.1) is 0 Å². The van der Waals surface area contributed by atoms with Crippen LogP contribution < -0.4 is 9.47 Å². The number of hydrogen-bond acceptors (Lipinski definition) is 2. The topological polar surface area (TPSA) is 18.5 Å². The maximum absolute atomic E-state index is 5.46. The van der Waals surface area contributed by atoms with Crippen molar-refractivity contribution in [3.8, 4) is 11.5 Å². The second-order valence-corrected chi connectivity index (χ2v) is 6.24. The van der Waals surface area contributed by atoms with Crippen LogP contribution in [0.15, 0.2) is 18.2 Å². The average Bonchev–Trinajstić information content (AvgIpc) is 2.49. The Morgan fingerprint density at radius 1 is 1.00 bits per heavy atom. The predicted molar refractivity (Wildman–Crippen MR) is 89.2 cm³/mol. The molecule has 1 aromatic rings. The highest BCUT2D eigenvalue weighted by Gasteiger charge is 2.13. The first-order chi connectivity index (χ1) is 9.72. The molecular weight excluding hydrogens is 316 g/mol. The summed E-state index contributed by atoms with van der Waals surface area (Å²) >= 11 is 3.79. The molecule has 1 unspecified atom stereocenters. The highest BCUT2D eigenvalue weighted by molar-refractivity contribution is 9.09. The van der Waals surface area contributed by atoms with Crippen LogP contribution >= 0.6 is 15.9 Å². The van der Waals surface area contributed by atoms with E-state index in [4.69, 9.17) is 9.47 Å². The van der Waals surface area contributed by atoms with Gasteiger partial charge < -0.3 is 9.47 Å². The molecule has 0 fully saturated rings. The Morgan fingerprint density at radius 2 is 1.70 bits per heavy atom. The van der Waals surface area contributed by atoms with Crippen molar-refractivity contribution in [1.29, 1.82) is 0 Å². The third-order valence-electron chi connectivity index (χ3n) is 3.59. The van der Waals surface area contributed by atoms with Gasteiger partial charge in [0.25, 0.3) is 0 Å². The molecule has 3 heteroatoms. The van der Waals surface area contributed by atoms with Gasteiger partial charge in [0.05, 0.1) is 14.2 Å². The van der Waals surface area contributed by atoms with E-state index in [1.807, 2.05) is 12.1 Å². The van der Waals surface area contributed by atoms with Crippen molar-refractivity contribution in [3.63, 3.8) is 0 Å². The van der Waals surface area contributed by atoms with Crippen LogP contribution in [0.5, 0.6) is 11.5 Å². The van der Waals surface area contributed by atoms with Crippen LogP contribution in [0.25, 0.3) is 0 Å². The summed E-state index contributed by atoms with van der Waals surface area (Å²) in [6.45, 7) is 2.25. The summed E-state index contributed by atoms with van der Waals surface area (Å²) in [6, 6.07) is 6.03. The zero-order valence-electron chi connectivity index (χ0n) is 13.0. The average molecular weight is 343 g/mol. The molecule has 20 heavy (non-hydrogen) atoms. The van der Waals surface area contributed by atoms with Crippen molar-refractivity contribution in [2.45, 2.75) is 56.7 Å². The van der Waals surface area contributed by atoms with Crippen molar-refractivity contribution in [1.82, 2.24) is 0 Å². The molecule has 0 bridgehead atoms. The van der Waals surface area contributed by atoms with E-state index in [-0.39, 0.29) is 0 Å². The SMILES string of the molecule is CCCCCCCCC(Br)c1ccc(OC)cc1OC. The second-order valence-electron chi connectivity index (χ2n) is 5.13. The van der Waals surface area contributed by atoms with Gasteiger partial charge in [0, 0.05) is 16.5 Å². The fourth-order valence-corrected chi connectivity index (χ4v) is 3.04. The molecule has 0 spiro atoms. The van der Waals surface area contributed by atoms with Crippen molar-refractivity contribution < 1.29 is 9.47 Å². The molecule has 0 N–H and O–H groups in total. The Bertz CT molecular complexity index is 379. The lowest BCUT2D eigenvalue weighted by atomic mass is 10.0. The van der Waals surface area contributed by atoms with Gasteiger partial charge in [0.1, 0.15) is 11.5 Å².